The van der Waals surface area contributed by atoms with Gasteiger partial charge in [0.2, 0.25) is 0 Å². The van der Waals surface area contributed by atoms with Crippen LogP contribution in [0, 0.1) is 6.92 Å². The number of H-pyrrole nitrogens is 1. The van der Waals surface area contributed by atoms with E-state index in [0.29, 0.717) is 11.4 Å². The van der Waals surface area contributed by atoms with E-state index in [4.69, 9.17) is 0 Å². The standard InChI is InChI=1S/C12H15BrN4O2S/c1-8-12(7-14-15-8)20(18,19)16-10-6-9(13)4-5-11(10)17(2)3/h4-7,16H,1-3H3,(H,14,15). The fraction of sp³-hybridized carbons (Fsp3) is 0.250. The number of nitrogens with one attached hydrogen (secondary N) is 2. The van der Waals surface area contributed by atoms with Gasteiger partial charge in [-0.05, 0) is 25.1 Å². The molecule has 0 radical (unpaired) electrons. The van der Waals surface area contributed by atoms with Crippen LogP contribution in [0.2, 0.25) is 0 Å². The molecule has 0 amide bonds. The molecule has 108 valence electrons. The molecule has 0 atom stereocenters. The first-order valence-electron chi connectivity index (χ1n) is 5.81. The molecule has 1 aromatic heterocycles. The number of aryl methyl sites for hydroxylation is 1. The zero-order chi connectivity index (χ0) is 14.9. The van der Waals surface area contributed by atoms with Gasteiger partial charge in [-0.25, -0.2) is 8.42 Å². The Bertz CT molecular complexity index is 725. The van der Waals surface area contributed by atoms with E-state index in [0.717, 1.165) is 10.2 Å². The normalized spacial score (nSPS) is 11.4. The maximum absolute atomic E-state index is 12.4. The first kappa shape index (κ1) is 14.9. The van der Waals surface area contributed by atoms with Crippen molar-refractivity contribution >= 4 is 37.3 Å². The summed E-state index contributed by atoms with van der Waals surface area (Å²) in [5, 5.41) is 6.36. The van der Waals surface area contributed by atoms with E-state index >= 15 is 0 Å². The summed E-state index contributed by atoms with van der Waals surface area (Å²) < 4.78 is 28.1. The highest BCUT2D eigenvalue weighted by Crippen LogP contribution is 2.30. The van der Waals surface area contributed by atoms with Crippen molar-refractivity contribution < 1.29 is 8.42 Å². The molecule has 2 aromatic rings. The summed E-state index contributed by atoms with van der Waals surface area (Å²) >= 11 is 3.34. The van der Waals surface area contributed by atoms with Crippen LogP contribution in [0.4, 0.5) is 11.4 Å². The van der Waals surface area contributed by atoms with E-state index in [-0.39, 0.29) is 4.90 Å². The lowest BCUT2D eigenvalue weighted by atomic mass is 10.2. The highest BCUT2D eigenvalue weighted by Gasteiger charge is 2.20. The molecule has 0 aliphatic carbocycles. The van der Waals surface area contributed by atoms with Gasteiger partial charge >= 0.3 is 0 Å². The third kappa shape index (κ3) is 2.96. The molecule has 1 aromatic carbocycles. The first-order chi connectivity index (χ1) is 9.31. The molecular weight excluding hydrogens is 344 g/mol. The molecule has 0 fully saturated rings. The predicted molar refractivity (Wildman–Crippen MR) is 82.6 cm³/mol. The third-order valence-electron chi connectivity index (χ3n) is 2.76. The second kappa shape index (κ2) is 5.45. The van der Waals surface area contributed by atoms with Crippen LogP contribution in [0.3, 0.4) is 0 Å². The second-order valence-corrected chi connectivity index (χ2v) is 7.09. The quantitative estimate of drug-likeness (QED) is 0.879. The van der Waals surface area contributed by atoms with Crippen LogP contribution in [0.25, 0.3) is 0 Å². The Hall–Kier alpha value is -1.54. The molecule has 2 rings (SSSR count). The second-order valence-electron chi connectivity index (χ2n) is 4.52. The van der Waals surface area contributed by atoms with E-state index in [1.807, 2.05) is 31.1 Å². The van der Waals surface area contributed by atoms with Crippen LogP contribution in [-0.2, 0) is 10.0 Å². The minimum Gasteiger partial charge on any atom is -0.376 e. The molecule has 0 aliphatic heterocycles. The van der Waals surface area contributed by atoms with Crippen molar-refractivity contribution in [1.82, 2.24) is 10.2 Å². The zero-order valence-corrected chi connectivity index (χ0v) is 13.7. The summed E-state index contributed by atoms with van der Waals surface area (Å²) in [5.74, 6) is 0. The van der Waals surface area contributed by atoms with Gasteiger partial charge in [-0.15, -0.1) is 0 Å². The molecule has 0 saturated carbocycles. The molecule has 0 saturated heterocycles. The third-order valence-corrected chi connectivity index (χ3v) is 4.73. The summed E-state index contributed by atoms with van der Waals surface area (Å²) in [6.07, 6.45) is 1.30. The van der Waals surface area contributed by atoms with E-state index in [1.165, 1.54) is 6.20 Å². The summed E-state index contributed by atoms with van der Waals surface area (Å²) in [4.78, 5) is 1.98. The molecule has 2 N–H and O–H groups in total. The van der Waals surface area contributed by atoms with Gasteiger partial charge in [-0.2, -0.15) is 5.10 Å². The molecule has 0 bridgehead atoms. The molecule has 0 aliphatic rings. The number of aromatic nitrogens is 2. The summed E-state index contributed by atoms with van der Waals surface area (Å²) in [5.41, 5.74) is 1.78. The lowest BCUT2D eigenvalue weighted by Crippen LogP contribution is -2.17. The van der Waals surface area contributed by atoms with Crippen LogP contribution in [0.1, 0.15) is 5.69 Å². The average Bonchev–Trinajstić information content (AvgIpc) is 2.75. The Balaban J connectivity index is 2.44. The highest BCUT2D eigenvalue weighted by atomic mass is 79.9. The topological polar surface area (TPSA) is 78.1 Å². The van der Waals surface area contributed by atoms with Crippen molar-refractivity contribution in [2.75, 3.05) is 23.7 Å². The Labute approximate surface area is 126 Å². The predicted octanol–water partition coefficient (Wildman–Crippen LogP) is 2.35. The van der Waals surface area contributed by atoms with E-state index in [1.54, 1.807) is 13.0 Å². The molecule has 1 heterocycles. The van der Waals surface area contributed by atoms with Gasteiger partial charge in [0.05, 0.1) is 23.3 Å². The van der Waals surface area contributed by atoms with Gasteiger partial charge in [-0.1, -0.05) is 15.9 Å². The van der Waals surface area contributed by atoms with Crippen LogP contribution in [0.5, 0.6) is 0 Å². The molecule has 6 nitrogen and oxygen atoms in total. The number of nitrogens with zero attached hydrogens (tertiary/aromatic N) is 2. The van der Waals surface area contributed by atoms with Gasteiger partial charge in [0.25, 0.3) is 10.0 Å². The molecule has 20 heavy (non-hydrogen) atoms. The molecule has 8 heteroatoms. The van der Waals surface area contributed by atoms with E-state index in [9.17, 15) is 8.42 Å². The van der Waals surface area contributed by atoms with Crippen LogP contribution in [0.15, 0.2) is 33.8 Å². The number of aromatic amines is 1. The highest BCUT2D eigenvalue weighted by molar-refractivity contribution is 9.10. The van der Waals surface area contributed by atoms with Gasteiger partial charge in [-0.3, -0.25) is 9.82 Å². The SMILES string of the molecule is Cc1[nH]ncc1S(=O)(=O)Nc1cc(Br)ccc1N(C)C. The van der Waals surface area contributed by atoms with Crippen molar-refractivity contribution in [3.63, 3.8) is 0 Å². The minimum absolute atomic E-state index is 0.141. The van der Waals surface area contributed by atoms with Crippen molar-refractivity contribution in [3.05, 3.63) is 34.6 Å². The Kier molecular flexibility index (Phi) is 4.05. The van der Waals surface area contributed by atoms with Crippen LogP contribution >= 0.6 is 15.9 Å². The van der Waals surface area contributed by atoms with Crippen molar-refractivity contribution in [2.24, 2.45) is 0 Å². The van der Waals surface area contributed by atoms with Crippen molar-refractivity contribution in [3.8, 4) is 0 Å². The number of halogens is 1. The van der Waals surface area contributed by atoms with E-state index in [2.05, 4.69) is 30.8 Å². The van der Waals surface area contributed by atoms with Crippen molar-refractivity contribution in [1.29, 1.82) is 0 Å². The lowest BCUT2D eigenvalue weighted by molar-refractivity contribution is 0.600. The molecule has 0 spiro atoms. The summed E-state index contributed by atoms with van der Waals surface area (Å²) in [6.45, 7) is 1.66. The van der Waals surface area contributed by atoms with Gasteiger partial charge < -0.3 is 4.90 Å². The number of sulfonamides is 1. The summed E-state index contributed by atoms with van der Waals surface area (Å²) in [7, 11) is 0.0380. The first-order valence-corrected chi connectivity index (χ1v) is 8.08. The fourth-order valence-electron chi connectivity index (χ4n) is 1.79. The van der Waals surface area contributed by atoms with Crippen LogP contribution < -0.4 is 9.62 Å². The number of hydrogen-bond acceptors (Lipinski definition) is 4. The average molecular weight is 359 g/mol. The maximum Gasteiger partial charge on any atom is 0.265 e. The smallest absolute Gasteiger partial charge is 0.265 e. The maximum atomic E-state index is 12.4. The molecule has 0 unspecified atom stereocenters. The number of benzene rings is 1. The van der Waals surface area contributed by atoms with Crippen LogP contribution in [-0.4, -0.2) is 32.7 Å². The lowest BCUT2D eigenvalue weighted by Gasteiger charge is -2.18. The Morgan fingerprint density at radius 3 is 2.60 bits per heavy atom. The van der Waals surface area contributed by atoms with Gasteiger partial charge in [0.1, 0.15) is 4.90 Å². The number of rotatable bonds is 4. The number of anilines is 2. The number of hydrogen-bond donors (Lipinski definition) is 2. The molecular formula is C12H15BrN4O2S. The largest absolute Gasteiger partial charge is 0.376 e. The Morgan fingerprint density at radius 1 is 1.35 bits per heavy atom. The summed E-state index contributed by atoms with van der Waals surface area (Å²) in [6, 6.07) is 5.42. The van der Waals surface area contributed by atoms with E-state index < -0.39 is 10.0 Å². The van der Waals surface area contributed by atoms with Gasteiger partial charge in [0, 0.05) is 18.6 Å². The fourth-order valence-corrected chi connectivity index (χ4v) is 3.35. The van der Waals surface area contributed by atoms with Gasteiger partial charge in [0.15, 0.2) is 0 Å². The van der Waals surface area contributed by atoms with Crippen molar-refractivity contribution in [2.45, 2.75) is 11.8 Å². The minimum atomic E-state index is -3.66. The Morgan fingerprint density at radius 2 is 2.05 bits per heavy atom. The monoisotopic (exact) mass is 358 g/mol. The zero-order valence-electron chi connectivity index (χ0n) is 11.3.